The van der Waals surface area contributed by atoms with E-state index in [1.807, 2.05) is 0 Å². The Labute approximate surface area is 244 Å². The van der Waals surface area contributed by atoms with Crippen LogP contribution in [0.2, 0.25) is 0 Å². The van der Waals surface area contributed by atoms with Gasteiger partial charge in [0, 0.05) is 18.0 Å². The molecule has 1 fully saturated rings. The number of hydrogen-bond acceptors (Lipinski definition) is 10. The number of methoxy groups -OCH3 is 1. The number of carboxylic acid groups (broad SMARTS) is 1. The van der Waals surface area contributed by atoms with E-state index in [-0.39, 0.29) is 12.2 Å². The average molecular weight is 589 g/mol. The van der Waals surface area contributed by atoms with Gasteiger partial charge in [-0.1, -0.05) is 71.1 Å². The Morgan fingerprint density at radius 2 is 1.66 bits per heavy atom. The number of nitrogens with zero attached hydrogens (tertiary/aromatic N) is 1. The number of amides is 1. The van der Waals surface area contributed by atoms with E-state index in [1.165, 1.54) is 58.3 Å². The number of aliphatic imine (C=N–C) groups is 1. The van der Waals surface area contributed by atoms with Crippen molar-refractivity contribution in [2.24, 2.45) is 4.99 Å². The van der Waals surface area contributed by atoms with Crippen LogP contribution in [0.4, 0.5) is 0 Å². The van der Waals surface area contributed by atoms with Crippen LogP contribution in [0.25, 0.3) is 0 Å². The Hall–Kier alpha value is -2.41. The number of ether oxygens (including phenoxy) is 3. The highest BCUT2D eigenvalue weighted by molar-refractivity contribution is 5.80. The van der Waals surface area contributed by atoms with Crippen LogP contribution in [0, 0.1) is 0 Å². The Bertz CT molecular complexity index is 701. The molecule has 1 aliphatic heterocycles. The maximum atomic E-state index is 12.7. The molecule has 2 N–H and O–H groups in total. The van der Waals surface area contributed by atoms with Gasteiger partial charge in [-0.25, -0.2) is 9.79 Å². The summed E-state index contributed by atoms with van der Waals surface area (Å²) in [5, 5.41) is 21.2. The van der Waals surface area contributed by atoms with Crippen molar-refractivity contribution in [2.75, 3.05) is 20.3 Å². The monoisotopic (exact) mass is 588 g/mol. The molecule has 3 unspecified atom stereocenters. The molecular weight excluding hydrogens is 536 g/mol. The van der Waals surface area contributed by atoms with Crippen LogP contribution >= 0.6 is 0 Å². The highest BCUT2D eigenvalue weighted by Crippen LogP contribution is 2.15. The van der Waals surface area contributed by atoms with Crippen LogP contribution in [0.5, 0.6) is 0 Å². The number of carboxylic acids is 1. The molecule has 1 aliphatic rings. The largest absolute Gasteiger partial charge is 0.487 e. The number of aliphatic carboxylic acids is 1. The van der Waals surface area contributed by atoms with E-state index in [9.17, 15) is 14.7 Å². The lowest BCUT2D eigenvalue weighted by Crippen LogP contribution is -2.37. The third-order valence-electron chi connectivity index (χ3n) is 6.65. The lowest BCUT2D eigenvalue weighted by Gasteiger charge is -2.21. The highest BCUT2D eigenvalue weighted by Gasteiger charge is 2.21. The van der Waals surface area contributed by atoms with Gasteiger partial charge in [0.15, 0.2) is 31.1 Å². The second-order valence-electron chi connectivity index (χ2n) is 10.1. The van der Waals surface area contributed by atoms with Gasteiger partial charge in [0.2, 0.25) is 0 Å². The molecule has 0 aromatic rings. The van der Waals surface area contributed by atoms with Crippen LogP contribution in [0.1, 0.15) is 116 Å². The van der Waals surface area contributed by atoms with Gasteiger partial charge in [-0.05, 0) is 43.6 Å². The van der Waals surface area contributed by atoms with Crippen molar-refractivity contribution in [3.8, 4) is 0 Å². The smallest absolute Gasteiger partial charge is 0.328 e. The van der Waals surface area contributed by atoms with E-state index in [4.69, 9.17) is 24.0 Å². The molecule has 0 spiro atoms. The zero-order chi connectivity index (χ0) is 29.8. The molecule has 0 radical (unpaired) electrons. The summed E-state index contributed by atoms with van der Waals surface area (Å²) in [6, 6.07) is -0.877. The van der Waals surface area contributed by atoms with Crippen LogP contribution in [-0.4, -0.2) is 62.1 Å². The first kappa shape index (κ1) is 36.6. The van der Waals surface area contributed by atoms with E-state index in [2.05, 4.69) is 27.3 Å². The molecule has 41 heavy (non-hydrogen) atoms. The van der Waals surface area contributed by atoms with Gasteiger partial charge in [-0.15, -0.1) is 0 Å². The first-order chi connectivity index (χ1) is 20.1. The number of unbranched alkanes of at least 4 members (excludes halogenated alkanes) is 10. The SMILES string of the molecule is CCCCCCCCCCCCC(OOOOC=COC1CCCCO1)C(=O)NCCCCC(N=COC)C(=O)O. The van der Waals surface area contributed by atoms with Crippen LogP contribution in [0.3, 0.4) is 0 Å². The highest BCUT2D eigenvalue weighted by atomic mass is 17.7. The molecule has 3 atom stereocenters. The number of carbonyl (C=O) groups excluding carboxylic acids is 1. The summed E-state index contributed by atoms with van der Waals surface area (Å²) in [6.45, 7) is 3.25. The zero-order valence-electron chi connectivity index (χ0n) is 25.0. The van der Waals surface area contributed by atoms with Gasteiger partial charge in [0.05, 0.1) is 13.7 Å². The number of nitrogens with one attached hydrogen (secondary N) is 1. The zero-order valence-corrected chi connectivity index (χ0v) is 25.0. The van der Waals surface area contributed by atoms with Crippen molar-refractivity contribution >= 4 is 18.3 Å². The van der Waals surface area contributed by atoms with Gasteiger partial charge in [-0.3, -0.25) is 4.79 Å². The lowest BCUT2D eigenvalue weighted by molar-refractivity contribution is -0.627. The molecule has 12 heteroatoms. The topological polar surface area (TPSA) is 143 Å². The van der Waals surface area contributed by atoms with Crippen molar-refractivity contribution in [1.29, 1.82) is 0 Å². The molecule has 1 saturated heterocycles. The van der Waals surface area contributed by atoms with E-state index in [1.54, 1.807) is 0 Å². The summed E-state index contributed by atoms with van der Waals surface area (Å²) >= 11 is 0. The fourth-order valence-corrected chi connectivity index (χ4v) is 4.29. The molecule has 0 aliphatic carbocycles. The minimum Gasteiger partial charge on any atom is -0.487 e. The van der Waals surface area contributed by atoms with Gasteiger partial charge in [0.25, 0.3) is 5.91 Å². The molecule has 0 aromatic carbocycles. The average Bonchev–Trinajstić information content (AvgIpc) is 2.98. The second-order valence-corrected chi connectivity index (χ2v) is 10.1. The molecule has 0 saturated carbocycles. The summed E-state index contributed by atoms with van der Waals surface area (Å²) in [4.78, 5) is 37.7. The number of carbonyl (C=O) groups is 2. The Morgan fingerprint density at radius 1 is 0.951 bits per heavy atom. The van der Waals surface area contributed by atoms with Crippen molar-refractivity contribution in [2.45, 2.75) is 135 Å². The predicted molar refractivity (Wildman–Crippen MR) is 152 cm³/mol. The number of hydrogen-bond donors (Lipinski definition) is 2. The minimum atomic E-state index is -1.02. The van der Waals surface area contributed by atoms with Gasteiger partial charge in [-0.2, -0.15) is 4.89 Å². The molecule has 0 aromatic heterocycles. The lowest BCUT2D eigenvalue weighted by atomic mass is 10.0. The maximum absolute atomic E-state index is 12.7. The molecule has 0 bridgehead atoms. The first-order valence-corrected chi connectivity index (χ1v) is 15.2. The molecule has 1 rings (SSSR count). The summed E-state index contributed by atoms with van der Waals surface area (Å²) in [7, 11) is 1.41. The first-order valence-electron chi connectivity index (χ1n) is 15.2. The standard InChI is InChI=1S/C29H52N2O10/c1-3-4-5-6-7-8-9-10-11-12-18-26(39-41-40-38-23-22-37-27-19-14-16-21-36-27)28(32)30-20-15-13-17-25(29(33)34)31-24-35-2/h22-27H,3-21H2,1-2H3,(H,30,32)(H,33,34). The summed E-state index contributed by atoms with van der Waals surface area (Å²) < 4.78 is 15.5. The van der Waals surface area contributed by atoms with Crippen LogP contribution < -0.4 is 5.32 Å². The van der Waals surface area contributed by atoms with Crippen molar-refractivity contribution in [3.05, 3.63) is 12.5 Å². The van der Waals surface area contributed by atoms with Crippen molar-refractivity contribution < 1.29 is 48.8 Å². The van der Waals surface area contributed by atoms with E-state index in [0.717, 1.165) is 51.2 Å². The third-order valence-corrected chi connectivity index (χ3v) is 6.65. The van der Waals surface area contributed by atoms with Crippen molar-refractivity contribution in [1.82, 2.24) is 5.32 Å². The Kier molecular flexibility index (Phi) is 23.7. The second kappa shape index (κ2) is 26.5. The van der Waals surface area contributed by atoms with E-state index >= 15 is 0 Å². The Morgan fingerprint density at radius 3 is 2.32 bits per heavy atom. The van der Waals surface area contributed by atoms with E-state index < -0.39 is 18.1 Å². The normalized spacial score (nSPS) is 17.0. The number of rotatable bonds is 27. The predicted octanol–water partition coefficient (Wildman–Crippen LogP) is 5.91. The van der Waals surface area contributed by atoms with Crippen molar-refractivity contribution in [3.63, 3.8) is 0 Å². The quantitative estimate of drug-likeness (QED) is 0.0297. The molecule has 12 nitrogen and oxygen atoms in total. The molecular formula is C29H52N2O10. The fourth-order valence-electron chi connectivity index (χ4n) is 4.29. The molecule has 238 valence electrons. The van der Waals surface area contributed by atoms with Gasteiger partial charge in [0.1, 0.15) is 6.26 Å². The minimum absolute atomic E-state index is 0.303. The maximum Gasteiger partial charge on any atom is 0.328 e. The van der Waals surface area contributed by atoms with Gasteiger partial charge < -0.3 is 29.5 Å². The van der Waals surface area contributed by atoms with Crippen LogP contribution in [0.15, 0.2) is 17.5 Å². The summed E-state index contributed by atoms with van der Waals surface area (Å²) in [5.41, 5.74) is 0. The van der Waals surface area contributed by atoms with Gasteiger partial charge >= 0.3 is 5.97 Å². The molecule has 1 amide bonds. The summed E-state index contributed by atoms with van der Waals surface area (Å²) in [6.07, 6.45) is 19.0. The fraction of sp³-hybridized carbons (Fsp3) is 0.828. The molecule has 1 heterocycles. The Balaban J connectivity index is 2.33. The van der Waals surface area contributed by atoms with Crippen LogP contribution in [-0.2, 0) is 43.7 Å². The van der Waals surface area contributed by atoms with E-state index in [0.29, 0.717) is 38.8 Å². The summed E-state index contributed by atoms with van der Waals surface area (Å²) in [5.74, 6) is -1.36. The third kappa shape index (κ3) is 21.0.